The maximum absolute atomic E-state index is 9.63. The second-order valence-electron chi connectivity index (χ2n) is 4.42. The van der Waals surface area contributed by atoms with Gasteiger partial charge < -0.3 is 20.8 Å². The average Bonchev–Trinajstić information content (AvgIpc) is 2.91. The number of nitrogens with zero attached hydrogens (tertiary/aromatic N) is 2. The molecule has 0 amide bonds. The van der Waals surface area contributed by atoms with Crippen molar-refractivity contribution in [2.45, 2.75) is 12.5 Å². The molecule has 1 aromatic carbocycles. The molecule has 1 aliphatic heterocycles. The van der Waals surface area contributed by atoms with Crippen molar-refractivity contribution in [2.75, 3.05) is 18.4 Å². The molecule has 0 saturated carbocycles. The first kappa shape index (κ1) is 12.2. The van der Waals surface area contributed by atoms with Crippen LogP contribution in [0.3, 0.4) is 0 Å². The number of nitrogens with one attached hydrogen (secondary N) is 2. The van der Waals surface area contributed by atoms with Crippen LogP contribution in [0.5, 0.6) is 11.5 Å². The Morgan fingerprint density at radius 2 is 2.21 bits per heavy atom. The van der Waals surface area contributed by atoms with E-state index in [0.29, 0.717) is 6.54 Å². The standard InChI is InChI=1S/C12H14N4O2S/c17-10-3-7-1-2-13-9(8(7)4-11(10)18)5-14-12-16-15-6-19-12/h3-4,6,9,13,17-18H,1-2,5H2,(H,14,16). The number of phenolic OH excluding ortho intramolecular Hbond substituents is 2. The first-order valence-electron chi connectivity index (χ1n) is 6.02. The molecule has 0 radical (unpaired) electrons. The van der Waals surface area contributed by atoms with Crippen LogP contribution in [-0.4, -0.2) is 33.5 Å². The second-order valence-corrected chi connectivity index (χ2v) is 5.25. The van der Waals surface area contributed by atoms with E-state index in [-0.39, 0.29) is 17.5 Å². The quantitative estimate of drug-likeness (QED) is 0.632. The molecule has 0 saturated heterocycles. The van der Waals surface area contributed by atoms with E-state index in [1.165, 1.54) is 11.3 Å². The van der Waals surface area contributed by atoms with Crippen LogP contribution in [0.15, 0.2) is 17.6 Å². The molecule has 6 nitrogen and oxygen atoms in total. The molecular formula is C12H14N4O2S. The molecular weight excluding hydrogens is 264 g/mol. The van der Waals surface area contributed by atoms with Crippen LogP contribution in [0.2, 0.25) is 0 Å². The molecule has 100 valence electrons. The van der Waals surface area contributed by atoms with E-state index in [9.17, 15) is 10.2 Å². The van der Waals surface area contributed by atoms with Crippen LogP contribution < -0.4 is 10.6 Å². The number of hydrogen-bond donors (Lipinski definition) is 4. The SMILES string of the molecule is Oc1cc2c(cc1O)C(CNc1nncs1)NCC2. The summed E-state index contributed by atoms with van der Waals surface area (Å²) in [5.41, 5.74) is 3.76. The van der Waals surface area contributed by atoms with E-state index in [4.69, 9.17) is 0 Å². The molecule has 2 heterocycles. The van der Waals surface area contributed by atoms with Crippen molar-refractivity contribution in [2.24, 2.45) is 0 Å². The molecule has 4 N–H and O–H groups in total. The monoisotopic (exact) mass is 278 g/mol. The number of phenols is 2. The van der Waals surface area contributed by atoms with E-state index in [2.05, 4.69) is 20.8 Å². The van der Waals surface area contributed by atoms with Crippen molar-refractivity contribution in [3.05, 3.63) is 28.8 Å². The van der Waals surface area contributed by atoms with Gasteiger partial charge in [0, 0.05) is 6.54 Å². The van der Waals surface area contributed by atoms with E-state index >= 15 is 0 Å². The van der Waals surface area contributed by atoms with Gasteiger partial charge in [-0.25, -0.2) is 0 Å². The van der Waals surface area contributed by atoms with Gasteiger partial charge in [0.15, 0.2) is 11.5 Å². The number of benzene rings is 1. The Balaban J connectivity index is 1.80. The number of aromatic hydroxyl groups is 2. The minimum atomic E-state index is -0.0802. The maximum Gasteiger partial charge on any atom is 0.205 e. The minimum absolute atomic E-state index is 0.0588. The Hall–Kier alpha value is -1.86. The molecule has 0 aliphatic carbocycles. The highest BCUT2D eigenvalue weighted by Crippen LogP contribution is 2.33. The molecule has 1 aliphatic rings. The summed E-state index contributed by atoms with van der Waals surface area (Å²) in [5, 5.41) is 34.2. The zero-order chi connectivity index (χ0) is 13.2. The van der Waals surface area contributed by atoms with Gasteiger partial charge in [0.2, 0.25) is 5.13 Å². The summed E-state index contributed by atoms with van der Waals surface area (Å²) in [7, 11) is 0. The number of anilines is 1. The molecule has 7 heteroatoms. The van der Waals surface area contributed by atoms with Gasteiger partial charge in [-0.15, -0.1) is 10.2 Å². The largest absolute Gasteiger partial charge is 0.504 e. The van der Waals surface area contributed by atoms with Gasteiger partial charge in [0.05, 0.1) is 6.04 Å². The predicted molar refractivity (Wildman–Crippen MR) is 72.6 cm³/mol. The summed E-state index contributed by atoms with van der Waals surface area (Å²) in [6, 6.07) is 3.35. The highest BCUT2D eigenvalue weighted by atomic mass is 32.1. The molecule has 0 bridgehead atoms. The molecule has 2 aromatic rings. The third-order valence-electron chi connectivity index (χ3n) is 3.21. The van der Waals surface area contributed by atoms with Crippen LogP contribution in [-0.2, 0) is 6.42 Å². The summed E-state index contributed by atoms with van der Waals surface area (Å²) in [6.07, 6.45) is 0.846. The van der Waals surface area contributed by atoms with Crippen molar-refractivity contribution in [1.29, 1.82) is 0 Å². The lowest BCUT2D eigenvalue weighted by Gasteiger charge is -2.27. The molecule has 19 heavy (non-hydrogen) atoms. The second kappa shape index (κ2) is 5.02. The molecule has 3 rings (SSSR count). The highest BCUT2D eigenvalue weighted by molar-refractivity contribution is 7.13. The lowest BCUT2D eigenvalue weighted by atomic mass is 9.93. The van der Waals surface area contributed by atoms with Crippen molar-refractivity contribution < 1.29 is 10.2 Å². The Bertz CT molecular complexity index is 573. The lowest BCUT2D eigenvalue weighted by Crippen LogP contribution is -2.34. The lowest BCUT2D eigenvalue weighted by molar-refractivity contribution is 0.399. The zero-order valence-corrected chi connectivity index (χ0v) is 10.9. The summed E-state index contributed by atoms with van der Waals surface area (Å²) in [6.45, 7) is 1.51. The smallest absolute Gasteiger partial charge is 0.205 e. The summed E-state index contributed by atoms with van der Waals surface area (Å²) < 4.78 is 0. The van der Waals surface area contributed by atoms with Crippen molar-refractivity contribution in [3.8, 4) is 11.5 Å². The van der Waals surface area contributed by atoms with E-state index in [1.807, 2.05) is 0 Å². The third kappa shape index (κ3) is 2.47. The van der Waals surface area contributed by atoms with Gasteiger partial charge >= 0.3 is 0 Å². The van der Waals surface area contributed by atoms with Crippen LogP contribution in [0.25, 0.3) is 0 Å². The van der Waals surface area contributed by atoms with Gasteiger partial charge in [-0.2, -0.15) is 0 Å². The molecule has 0 fully saturated rings. The summed E-state index contributed by atoms with van der Waals surface area (Å²) in [5.74, 6) is -0.139. The topological polar surface area (TPSA) is 90.3 Å². The fourth-order valence-electron chi connectivity index (χ4n) is 2.29. The molecule has 1 unspecified atom stereocenters. The zero-order valence-electron chi connectivity index (χ0n) is 10.1. The normalized spacial score (nSPS) is 18.0. The van der Waals surface area contributed by atoms with Gasteiger partial charge in [0.1, 0.15) is 5.51 Å². The van der Waals surface area contributed by atoms with E-state index < -0.39 is 0 Å². The summed E-state index contributed by atoms with van der Waals surface area (Å²) >= 11 is 1.45. The van der Waals surface area contributed by atoms with Crippen LogP contribution in [0.1, 0.15) is 17.2 Å². The number of rotatable bonds is 3. The molecule has 1 aromatic heterocycles. The van der Waals surface area contributed by atoms with E-state index in [1.54, 1.807) is 17.6 Å². The van der Waals surface area contributed by atoms with Crippen molar-refractivity contribution >= 4 is 16.5 Å². The van der Waals surface area contributed by atoms with Crippen molar-refractivity contribution in [3.63, 3.8) is 0 Å². The molecule has 1 atom stereocenters. The Morgan fingerprint density at radius 1 is 1.37 bits per heavy atom. The first-order chi connectivity index (χ1) is 9.24. The van der Waals surface area contributed by atoms with Gasteiger partial charge in [-0.1, -0.05) is 11.3 Å². The molecule has 0 spiro atoms. The fraction of sp³-hybridized carbons (Fsp3) is 0.333. The Morgan fingerprint density at radius 3 is 3.00 bits per heavy atom. The first-order valence-corrected chi connectivity index (χ1v) is 6.90. The van der Waals surface area contributed by atoms with Crippen LogP contribution in [0.4, 0.5) is 5.13 Å². The van der Waals surface area contributed by atoms with Gasteiger partial charge in [-0.3, -0.25) is 0 Å². The minimum Gasteiger partial charge on any atom is -0.504 e. The number of aromatic nitrogens is 2. The third-order valence-corrected chi connectivity index (χ3v) is 3.86. The Labute approximate surface area is 114 Å². The van der Waals surface area contributed by atoms with Crippen LogP contribution in [0, 0.1) is 0 Å². The van der Waals surface area contributed by atoms with Crippen LogP contribution >= 0.6 is 11.3 Å². The number of hydrogen-bond acceptors (Lipinski definition) is 7. The highest BCUT2D eigenvalue weighted by Gasteiger charge is 2.21. The summed E-state index contributed by atoms with van der Waals surface area (Å²) in [4.78, 5) is 0. The predicted octanol–water partition coefficient (Wildman–Crippen LogP) is 1.25. The average molecular weight is 278 g/mol. The van der Waals surface area contributed by atoms with Gasteiger partial charge in [-0.05, 0) is 36.2 Å². The fourth-order valence-corrected chi connectivity index (χ4v) is 2.74. The van der Waals surface area contributed by atoms with Crippen molar-refractivity contribution in [1.82, 2.24) is 15.5 Å². The van der Waals surface area contributed by atoms with E-state index in [0.717, 1.165) is 29.2 Å². The Kier molecular flexibility index (Phi) is 3.22. The number of fused-ring (bicyclic) bond motifs is 1. The maximum atomic E-state index is 9.63. The van der Waals surface area contributed by atoms with Gasteiger partial charge in [0.25, 0.3) is 0 Å².